The van der Waals surface area contributed by atoms with Crippen molar-refractivity contribution in [2.45, 2.75) is 27.2 Å². The summed E-state index contributed by atoms with van der Waals surface area (Å²) in [5.74, 6) is -0.306. The van der Waals surface area contributed by atoms with Gasteiger partial charge in [-0.3, -0.25) is 9.59 Å². The van der Waals surface area contributed by atoms with Gasteiger partial charge in [0.2, 0.25) is 5.91 Å². The Hall–Kier alpha value is -1.88. The van der Waals surface area contributed by atoms with Crippen LogP contribution in [0.4, 0.5) is 5.69 Å². The maximum absolute atomic E-state index is 12.1. The Morgan fingerprint density at radius 1 is 1.29 bits per heavy atom. The van der Waals surface area contributed by atoms with Crippen LogP contribution >= 0.6 is 0 Å². The number of rotatable bonds is 7. The van der Waals surface area contributed by atoms with E-state index in [2.05, 4.69) is 10.6 Å². The largest absolute Gasteiger partial charge is 0.352 e. The van der Waals surface area contributed by atoms with Crippen molar-refractivity contribution < 1.29 is 9.59 Å². The van der Waals surface area contributed by atoms with Crippen LogP contribution in [-0.4, -0.2) is 24.9 Å². The normalized spacial score (nSPS) is 12.0. The molecule has 0 radical (unpaired) electrons. The minimum atomic E-state index is -0.234. The highest BCUT2D eigenvalue weighted by atomic mass is 16.2. The quantitative estimate of drug-likeness (QED) is 0.718. The first-order valence-corrected chi connectivity index (χ1v) is 7.38. The Balaban J connectivity index is 2.76. The number of benzene rings is 1. The minimum absolute atomic E-state index is 0.112. The number of carbonyl (C=O) groups is 2. The van der Waals surface area contributed by atoms with E-state index in [1.165, 1.54) is 0 Å². The van der Waals surface area contributed by atoms with Crippen molar-refractivity contribution in [1.29, 1.82) is 0 Å². The van der Waals surface area contributed by atoms with Gasteiger partial charge in [-0.15, -0.1) is 0 Å². The SMILES string of the molecule is CCCNC(=O)c1cccc(NC(=O)C(CN)C(C)C)c1. The average molecular weight is 291 g/mol. The summed E-state index contributed by atoms with van der Waals surface area (Å²) in [6, 6.07) is 6.92. The van der Waals surface area contributed by atoms with Crippen LogP contribution in [0.1, 0.15) is 37.6 Å². The first-order chi connectivity index (χ1) is 9.99. The molecular weight excluding hydrogens is 266 g/mol. The number of carbonyl (C=O) groups excluding carboxylic acids is 2. The zero-order valence-electron chi connectivity index (χ0n) is 13.0. The van der Waals surface area contributed by atoms with E-state index in [1.807, 2.05) is 20.8 Å². The van der Waals surface area contributed by atoms with Crippen LogP contribution in [0.15, 0.2) is 24.3 Å². The van der Waals surface area contributed by atoms with Crippen LogP contribution in [0.3, 0.4) is 0 Å². The molecule has 2 amide bonds. The maximum atomic E-state index is 12.1. The molecule has 0 aliphatic heterocycles. The lowest BCUT2D eigenvalue weighted by molar-refractivity contribution is -0.120. The monoisotopic (exact) mass is 291 g/mol. The highest BCUT2D eigenvalue weighted by Crippen LogP contribution is 2.15. The Morgan fingerprint density at radius 2 is 2.00 bits per heavy atom. The van der Waals surface area contributed by atoms with E-state index < -0.39 is 0 Å². The number of nitrogens with two attached hydrogens (primary N) is 1. The van der Waals surface area contributed by atoms with Crippen LogP contribution < -0.4 is 16.4 Å². The Bertz CT molecular complexity index is 486. The van der Waals surface area contributed by atoms with Crippen LogP contribution in [-0.2, 0) is 4.79 Å². The average Bonchev–Trinajstić information content (AvgIpc) is 2.45. The van der Waals surface area contributed by atoms with Gasteiger partial charge in [-0.25, -0.2) is 0 Å². The second-order valence-electron chi connectivity index (χ2n) is 5.41. The highest BCUT2D eigenvalue weighted by Gasteiger charge is 2.20. The van der Waals surface area contributed by atoms with Crippen LogP contribution in [0.25, 0.3) is 0 Å². The van der Waals surface area contributed by atoms with Gasteiger partial charge in [0.1, 0.15) is 0 Å². The molecule has 116 valence electrons. The van der Waals surface area contributed by atoms with Gasteiger partial charge in [0.15, 0.2) is 0 Å². The molecule has 5 nitrogen and oxygen atoms in total. The van der Waals surface area contributed by atoms with Crippen LogP contribution in [0.2, 0.25) is 0 Å². The standard InChI is InChI=1S/C16H25N3O2/c1-4-8-18-15(20)12-6-5-7-13(9-12)19-16(21)14(10-17)11(2)3/h5-7,9,11,14H,4,8,10,17H2,1-3H3,(H,18,20)(H,19,21). The van der Waals surface area contributed by atoms with Crippen molar-refractivity contribution in [2.24, 2.45) is 17.6 Å². The predicted octanol–water partition coefficient (Wildman–Crippen LogP) is 2.00. The zero-order chi connectivity index (χ0) is 15.8. The summed E-state index contributed by atoms with van der Waals surface area (Å²) in [6.07, 6.45) is 0.884. The summed E-state index contributed by atoms with van der Waals surface area (Å²) in [5.41, 5.74) is 6.79. The molecule has 1 rings (SSSR count). The topological polar surface area (TPSA) is 84.2 Å². The first-order valence-electron chi connectivity index (χ1n) is 7.38. The molecule has 0 bridgehead atoms. The third kappa shape index (κ3) is 5.19. The Kier molecular flexibility index (Phi) is 6.88. The fraction of sp³-hybridized carbons (Fsp3) is 0.500. The van der Waals surface area contributed by atoms with E-state index in [0.29, 0.717) is 24.3 Å². The molecule has 1 atom stereocenters. The molecule has 0 spiro atoms. The molecule has 5 heteroatoms. The summed E-state index contributed by atoms with van der Waals surface area (Å²) in [6.45, 7) is 6.87. The summed E-state index contributed by atoms with van der Waals surface area (Å²) >= 11 is 0. The highest BCUT2D eigenvalue weighted by molar-refractivity contribution is 5.97. The smallest absolute Gasteiger partial charge is 0.251 e. The fourth-order valence-corrected chi connectivity index (χ4v) is 2.00. The molecule has 1 unspecified atom stereocenters. The maximum Gasteiger partial charge on any atom is 0.251 e. The van der Waals surface area contributed by atoms with Crippen molar-refractivity contribution in [3.05, 3.63) is 29.8 Å². The molecule has 1 aromatic carbocycles. The van der Waals surface area contributed by atoms with Crippen LogP contribution in [0, 0.1) is 11.8 Å². The second kappa shape index (κ2) is 8.42. The molecule has 0 aliphatic rings. The zero-order valence-corrected chi connectivity index (χ0v) is 13.0. The lowest BCUT2D eigenvalue weighted by atomic mass is 9.95. The molecule has 1 aromatic rings. The fourth-order valence-electron chi connectivity index (χ4n) is 2.00. The van der Waals surface area contributed by atoms with Gasteiger partial charge in [-0.1, -0.05) is 26.8 Å². The van der Waals surface area contributed by atoms with Crippen molar-refractivity contribution in [2.75, 3.05) is 18.4 Å². The number of hydrogen-bond donors (Lipinski definition) is 3. The van der Waals surface area contributed by atoms with Gasteiger partial charge in [-0.2, -0.15) is 0 Å². The predicted molar refractivity (Wildman–Crippen MR) is 85.1 cm³/mol. The minimum Gasteiger partial charge on any atom is -0.352 e. The van der Waals surface area contributed by atoms with Gasteiger partial charge in [0.05, 0.1) is 5.92 Å². The summed E-state index contributed by atoms with van der Waals surface area (Å²) in [7, 11) is 0. The lowest BCUT2D eigenvalue weighted by Gasteiger charge is -2.18. The van der Waals surface area contributed by atoms with Crippen molar-refractivity contribution in [3.63, 3.8) is 0 Å². The Morgan fingerprint density at radius 3 is 2.57 bits per heavy atom. The second-order valence-corrected chi connectivity index (χ2v) is 5.41. The first kappa shape index (κ1) is 17.2. The number of anilines is 1. The summed E-state index contributed by atoms with van der Waals surface area (Å²) < 4.78 is 0. The number of hydrogen-bond acceptors (Lipinski definition) is 3. The molecule has 0 fully saturated rings. The Labute approximate surface area is 126 Å². The van der Waals surface area contributed by atoms with Gasteiger partial charge in [0.25, 0.3) is 5.91 Å². The van der Waals surface area contributed by atoms with Crippen molar-refractivity contribution in [3.8, 4) is 0 Å². The molecule has 21 heavy (non-hydrogen) atoms. The molecular formula is C16H25N3O2. The van der Waals surface area contributed by atoms with E-state index in [4.69, 9.17) is 5.73 Å². The van der Waals surface area contributed by atoms with Gasteiger partial charge < -0.3 is 16.4 Å². The van der Waals surface area contributed by atoms with Gasteiger partial charge in [0, 0.05) is 24.3 Å². The van der Waals surface area contributed by atoms with Crippen molar-refractivity contribution in [1.82, 2.24) is 5.32 Å². The van der Waals surface area contributed by atoms with E-state index >= 15 is 0 Å². The summed E-state index contributed by atoms with van der Waals surface area (Å²) in [5, 5.41) is 5.64. The van der Waals surface area contributed by atoms with E-state index in [0.717, 1.165) is 6.42 Å². The molecule has 4 N–H and O–H groups in total. The van der Waals surface area contributed by atoms with E-state index in [1.54, 1.807) is 24.3 Å². The van der Waals surface area contributed by atoms with Gasteiger partial charge in [-0.05, 0) is 30.5 Å². The molecule has 0 heterocycles. The summed E-state index contributed by atoms with van der Waals surface area (Å²) in [4.78, 5) is 24.0. The number of amides is 2. The number of nitrogens with one attached hydrogen (secondary N) is 2. The third-order valence-electron chi connectivity index (χ3n) is 3.32. The van der Waals surface area contributed by atoms with Crippen molar-refractivity contribution >= 4 is 17.5 Å². The molecule has 0 saturated heterocycles. The van der Waals surface area contributed by atoms with E-state index in [9.17, 15) is 9.59 Å². The molecule has 0 aromatic heterocycles. The van der Waals surface area contributed by atoms with Crippen LogP contribution in [0.5, 0.6) is 0 Å². The third-order valence-corrected chi connectivity index (χ3v) is 3.32. The van der Waals surface area contributed by atoms with Gasteiger partial charge >= 0.3 is 0 Å². The molecule has 0 aliphatic carbocycles. The van der Waals surface area contributed by atoms with E-state index in [-0.39, 0.29) is 23.7 Å². The lowest BCUT2D eigenvalue weighted by Crippen LogP contribution is -2.33. The molecule has 0 saturated carbocycles.